The Bertz CT molecular complexity index is 1300. The van der Waals surface area contributed by atoms with Crippen molar-refractivity contribution in [1.29, 1.82) is 0 Å². The molecule has 0 spiro atoms. The van der Waals surface area contributed by atoms with Crippen LogP contribution in [0.4, 0.5) is 11.4 Å². The van der Waals surface area contributed by atoms with Gasteiger partial charge in [-0.2, -0.15) is 0 Å². The molecule has 0 radical (unpaired) electrons. The van der Waals surface area contributed by atoms with Crippen LogP contribution in [0.5, 0.6) is 5.75 Å². The summed E-state index contributed by atoms with van der Waals surface area (Å²) in [5.41, 5.74) is 2.03. The van der Waals surface area contributed by atoms with Crippen LogP contribution >= 0.6 is 11.6 Å². The van der Waals surface area contributed by atoms with E-state index in [1.54, 1.807) is 49.4 Å². The van der Waals surface area contributed by atoms with Crippen LogP contribution in [0.3, 0.4) is 0 Å². The molecular formula is C25H19ClN2O6. The number of carbonyl (C=O) groups excluding carboxylic acids is 4. The van der Waals surface area contributed by atoms with Gasteiger partial charge in [0.05, 0.1) is 35.2 Å². The minimum Gasteiger partial charge on any atom is -0.495 e. The molecule has 0 saturated heterocycles. The number of hydrogen-bond donors (Lipinski definition) is 1. The lowest BCUT2D eigenvalue weighted by atomic mass is 10.1. The van der Waals surface area contributed by atoms with Gasteiger partial charge in [0.15, 0.2) is 6.61 Å². The molecule has 1 aliphatic rings. The summed E-state index contributed by atoms with van der Waals surface area (Å²) in [7, 11) is 1.44. The third-order valence-corrected chi connectivity index (χ3v) is 5.63. The number of anilines is 2. The van der Waals surface area contributed by atoms with Gasteiger partial charge in [-0.1, -0.05) is 29.8 Å². The van der Waals surface area contributed by atoms with Crippen LogP contribution in [0.2, 0.25) is 5.02 Å². The summed E-state index contributed by atoms with van der Waals surface area (Å²) in [6.45, 7) is 1.22. The predicted molar refractivity (Wildman–Crippen MR) is 126 cm³/mol. The molecule has 8 nitrogen and oxygen atoms in total. The monoisotopic (exact) mass is 478 g/mol. The molecule has 34 heavy (non-hydrogen) atoms. The van der Waals surface area contributed by atoms with Crippen molar-refractivity contribution in [3.05, 3.63) is 87.9 Å². The predicted octanol–water partition coefficient (Wildman–Crippen LogP) is 4.25. The van der Waals surface area contributed by atoms with Crippen LogP contribution in [-0.4, -0.2) is 37.4 Å². The summed E-state index contributed by atoms with van der Waals surface area (Å²) in [5, 5.41) is 3.10. The van der Waals surface area contributed by atoms with E-state index in [4.69, 9.17) is 21.1 Å². The van der Waals surface area contributed by atoms with Gasteiger partial charge >= 0.3 is 5.97 Å². The number of halogens is 1. The fourth-order valence-electron chi connectivity index (χ4n) is 3.53. The molecule has 0 unspecified atom stereocenters. The molecular weight excluding hydrogens is 460 g/mol. The van der Waals surface area contributed by atoms with Crippen molar-refractivity contribution >= 4 is 46.7 Å². The van der Waals surface area contributed by atoms with Crippen LogP contribution in [0, 0.1) is 6.92 Å². The van der Waals surface area contributed by atoms with E-state index in [1.807, 2.05) is 0 Å². The summed E-state index contributed by atoms with van der Waals surface area (Å²) in [6, 6.07) is 15.6. The molecule has 9 heteroatoms. The quantitative estimate of drug-likeness (QED) is 0.419. The molecule has 0 saturated carbocycles. The van der Waals surface area contributed by atoms with Gasteiger partial charge in [0.25, 0.3) is 17.7 Å². The largest absolute Gasteiger partial charge is 0.495 e. The van der Waals surface area contributed by atoms with Crippen LogP contribution in [0.1, 0.15) is 36.6 Å². The zero-order chi connectivity index (χ0) is 24.4. The zero-order valence-corrected chi connectivity index (χ0v) is 19.0. The highest BCUT2D eigenvalue weighted by atomic mass is 35.5. The van der Waals surface area contributed by atoms with E-state index in [0.29, 0.717) is 27.6 Å². The Kier molecular flexibility index (Phi) is 6.34. The molecule has 3 aromatic carbocycles. The lowest BCUT2D eigenvalue weighted by Crippen LogP contribution is -2.29. The highest BCUT2D eigenvalue weighted by Gasteiger charge is 2.36. The summed E-state index contributed by atoms with van der Waals surface area (Å²) in [4.78, 5) is 51.3. The Hall–Kier alpha value is -4.17. The van der Waals surface area contributed by atoms with Crippen molar-refractivity contribution in [1.82, 2.24) is 0 Å². The van der Waals surface area contributed by atoms with Crippen molar-refractivity contribution in [3.8, 4) is 5.75 Å². The molecule has 3 aromatic rings. The summed E-state index contributed by atoms with van der Waals surface area (Å²) in [6.07, 6.45) is 0. The highest BCUT2D eigenvalue weighted by Crippen LogP contribution is 2.31. The number of ether oxygens (including phenoxy) is 2. The molecule has 1 heterocycles. The number of imide groups is 1. The maximum absolute atomic E-state index is 12.7. The van der Waals surface area contributed by atoms with Crippen molar-refractivity contribution < 1.29 is 28.7 Å². The van der Waals surface area contributed by atoms with Crippen LogP contribution in [-0.2, 0) is 9.53 Å². The Morgan fingerprint density at radius 1 is 0.971 bits per heavy atom. The number of esters is 1. The van der Waals surface area contributed by atoms with Crippen LogP contribution in [0.25, 0.3) is 0 Å². The molecule has 0 aromatic heterocycles. The lowest BCUT2D eigenvalue weighted by molar-refractivity contribution is -0.119. The summed E-state index contributed by atoms with van der Waals surface area (Å²) in [5.74, 6) is -1.95. The Morgan fingerprint density at radius 3 is 2.29 bits per heavy atom. The van der Waals surface area contributed by atoms with E-state index < -0.39 is 30.3 Å². The smallest absolute Gasteiger partial charge is 0.338 e. The van der Waals surface area contributed by atoms with Gasteiger partial charge in [-0.25, -0.2) is 9.69 Å². The number of nitrogens with one attached hydrogen (secondary N) is 1. The molecule has 3 amide bonds. The molecule has 1 aliphatic heterocycles. The van der Waals surface area contributed by atoms with Gasteiger partial charge in [-0.15, -0.1) is 0 Å². The fourth-order valence-corrected chi connectivity index (χ4v) is 3.68. The average Bonchev–Trinajstić information content (AvgIpc) is 3.09. The first-order valence-corrected chi connectivity index (χ1v) is 10.6. The first kappa shape index (κ1) is 23.0. The Labute approximate surface area is 200 Å². The Balaban J connectivity index is 1.44. The standard InChI is InChI=1S/C25H19ClN2O6/c1-14-10-20(21(33-2)12-19(14)26)27-22(29)13-34-25(32)15-6-5-7-16(11-15)28-23(30)17-8-3-4-9-18(17)24(28)31/h3-12H,13H2,1-2H3,(H,27,29). The first-order chi connectivity index (χ1) is 16.3. The second kappa shape index (κ2) is 9.36. The van der Waals surface area contributed by atoms with Crippen LogP contribution in [0.15, 0.2) is 60.7 Å². The molecule has 1 N–H and O–H groups in total. The second-order valence-electron chi connectivity index (χ2n) is 7.47. The minimum atomic E-state index is -0.784. The maximum atomic E-state index is 12.7. The lowest BCUT2D eigenvalue weighted by Gasteiger charge is -2.15. The summed E-state index contributed by atoms with van der Waals surface area (Å²) >= 11 is 6.07. The number of methoxy groups -OCH3 is 1. The SMILES string of the molecule is COc1cc(Cl)c(C)cc1NC(=O)COC(=O)c1cccc(N2C(=O)c3ccccc3C2=O)c1. The van der Waals surface area contributed by atoms with Gasteiger partial charge in [0.1, 0.15) is 5.75 Å². The summed E-state index contributed by atoms with van der Waals surface area (Å²) < 4.78 is 10.3. The van der Waals surface area contributed by atoms with Gasteiger partial charge in [-0.3, -0.25) is 14.4 Å². The number of carbonyl (C=O) groups is 4. The molecule has 0 bridgehead atoms. The molecule has 0 fully saturated rings. The number of rotatable bonds is 6. The maximum Gasteiger partial charge on any atom is 0.338 e. The van der Waals surface area contributed by atoms with E-state index in [0.717, 1.165) is 10.5 Å². The van der Waals surface area contributed by atoms with Gasteiger partial charge in [-0.05, 0) is 48.9 Å². The van der Waals surface area contributed by atoms with Gasteiger partial charge in [0, 0.05) is 11.1 Å². The van der Waals surface area contributed by atoms with Crippen molar-refractivity contribution in [3.63, 3.8) is 0 Å². The van der Waals surface area contributed by atoms with Gasteiger partial charge < -0.3 is 14.8 Å². The minimum absolute atomic E-state index is 0.0850. The highest BCUT2D eigenvalue weighted by molar-refractivity contribution is 6.34. The Morgan fingerprint density at radius 2 is 1.65 bits per heavy atom. The number of amides is 3. The zero-order valence-electron chi connectivity index (χ0n) is 18.3. The van der Waals surface area contributed by atoms with Crippen molar-refractivity contribution in [2.24, 2.45) is 0 Å². The van der Waals surface area contributed by atoms with Crippen molar-refractivity contribution in [2.45, 2.75) is 6.92 Å². The van der Waals surface area contributed by atoms with Gasteiger partial charge in [0.2, 0.25) is 0 Å². The number of hydrogen-bond acceptors (Lipinski definition) is 6. The van der Waals surface area contributed by atoms with E-state index in [-0.39, 0.29) is 11.3 Å². The molecule has 4 rings (SSSR count). The number of benzene rings is 3. The third-order valence-electron chi connectivity index (χ3n) is 5.22. The van der Waals surface area contributed by atoms with E-state index in [9.17, 15) is 19.2 Å². The van der Waals surface area contributed by atoms with E-state index in [2.05, 4.69) is 5.32 Å². The number of nitrogens with zero attached hydrogens (tertiary/aromatic N) is 1. The second-order valence-corrected chi connectivity index (χ2v) is 7.87. The normalized spacial score (nSPS) is 12.4. The number of aryl methyl sites for hydroxylation is 1. The molecule has 172 valence electrons. The topological polar surface area (TPSA) is 102 Å². The molecule has 0 aliphatic carbocycles. The fraction of sp³-hybridized carbons (Fsp3) is 0.120. The third kappa shape index (κ3) is 4.35. The number of fused-ring (bicyclic) bond motifs is 1. The van der Waals surface area contributed by atoms with E-state index in [1.165, 1.54) is 25.3 Å². The van der Waals surface area contributed by atoms with E-state index >= 15 is 0 Å². The first-order valence-electron chi connectivity index (χ1n) is 10.2. The van der Waals surface area contributed by atoms with Crippen LogP contribution < -0.4 is 15.0 Å². The average molecular weight is 479 g/mol. The van der Waals surface area contributed by atoms with Crippen molar-refractivity contribution in [2.75, 3.05) is 23.9 Å². The molecule has 0 atom stereocenters.